The zero-order valence-corrected chi connectivity index (χ0v) is 10.5. The number of nitrogens with one attached hydrogen (secondary N) is 3. The maximum absolute atomic E-state index is 11.0. The first-order valence-electron chi connectivity index (χ1n) is 6.58. The smallest absolute Gasteiger partial charge is 0.220 e. The van der Waals surface area contributed by atoms with Crippen LogP contribution in [0.25, 0.3) is 0 Å². The summed E-state index contributed by atoms with van der Waals surface area (Å²) in [6.07, 6.45) is 2.67. The molecule has 2 heterocycles. The van der Waals surface area contributed by atoms with E-state index in [4.69, 9.17) is 4.74 Å². The second-order valence-electron chi connectivity index (χ2n) is 5.07. The van der Waals surface area contributed by atoms with Crippen LogP contribution < -0.4 is 16.0 Å². The van der Waals surface area contributed by atoms with E-state index in [0.29, 0.717) is 24.5 Å². The lowest BCUT2D eigenvalue weighted by Gasteiger charge is -2.30. The van der Waals surface area contributed by atoms with Crippen LogP contribution in [-0.2, 0) is 9.53 Å². The summed E-state index contributed by atoms with van der Waals surface area (Å²) in [5.41, 5.74) is 0. The minimum atomic E-state index is 0.179. The van der Waals surface area contributed by atoms with Crippen molar-refractivity contribution in [1.29, 1.82) is 0 Å². The van der Waals surface area contributed by atoms with Crippen LogP contribution in [0.1, 0.15) is 26.2 Å². The molecular weight excluding hydrogens is 218 g/mol. The van der Waals surface area contributed by atoms with E-state index < -0.39 is 0 Å². The van der Waals surface area contributed by atoms with Gasteiger partial charge in [0.05, 0.1) is 13.2 Å². The predicted molar refractivity (Wildman–Crippen MR) is 65.9 cm³/mol. The van der Waals surface area contributed by atoms with Crippen LogP contribution in [0.4, 0.5) is 0 Å². The molecule has 1 amide bonds. The third kappa shape index (κ3) is 4.26. The molecule has 0 aromatic rings. The van der Waals surface area contributed by atoms with Gasteiger partial charge in [-0.1, -0.05) is 0 Å². The lowest BCUT2D eigenvalue weighted by molar-refractivity contribution is -0.122. The van der Waals surface area contributed by atoms with Gasteiger partial charge in [-0.3, -0.25) is 4.79 Å². The predicted octanol–water partition coefficient (Wildman–Crippen LogP) is -0.378. The van der Waals surface area contributed by atoms with Gasteiger partial charge in [0.15, 0.2) is 0 Å². The fourth-order valence-corrected chi connectivity index (χ4v) is 2.54. The number of carbonyl (C=O) groups is 1. The average molecular weight is 241 g/mol. The third-order valence-electron chi connectivity index (χ3n) is 3.42. The summed E-state index contributed by atoms with van der Waals surface area (Å²) >= 11 is 0. The number of hydrogen-bond donors (Lipinski definition) is 3. The van der Waals surface area contributed by atoms with E-state index in [1.165, 1.54) is 0 Å². The Hall–Kier alpha value is -0.650. The summed E-state index contributed by atoms with van der Waals surface area (Å²) in [5.74, 6) is 0.179. The molecule has 5 heteroatoms. The lowest BCUT2D eigenvalue weighted by atomic mass is 10.0. The Bertz CT molecular complexity index is 244. The monoisotopic (exact) mass is 241 g/mol. The molecule has 3 unspecified atom stereocenters. The fraction of sp³-hybridized carbons (Fsp3) is 0.917. The summed E-state index contributed by atoms with van der Waals surface area (Å²) in [7, 11) is 0. The topological polar surface area (TPSA) is 62.4 Å². The first kappa shape index (κ1) is 12.8. The van der Waals surface area contributed by atoms with Gasteiger partial charge in [0.2, 0.25) is 5.91 Å². The molecule has 2 rings (SSSR count). The van der Waals surface area contributed by atoms with Gasteiger partial charge in [-0.2, -0.15) is 0 Å². The molecular formula is C12H23N3O2. The van der Waals surface area contributed by atoms with Crippen molar-refractivity contribution in [2.75, 3.05) is 26.3 Å². The molecule has 2 aliphatic rings. The summed E-state index contributed by atoms with van der Waals surface area (Å²) in [5, 5.41) is 9.94. The van der Waals surface area contributed by atoms with Crippen molar-refractivity contribution < 1.29 is 9.53 Å². The Morgan fingerprint density at radius 3 is 3.12 bits per heavy atom. The number of carbonyl (C=O) groups excluding carboxylic acids is 1. The van der Waals surface area contributed by atoms with Gasteiger partial charge in [-0.15, -0.1) is 0 Å². The van der Waals surface area contributed by atoms with Gasteiger partial charge in [0.25, 0.3) is 0 Å². The van der Waals surface area contributed by atoms with Crippen molar-refractivity contribution in [1.82, 2.24) is 16.0 Å². The summed E-state index contributed by atoms with van der Waals surface area (Å²) < 4.78 is 5.44. The van der Waals surface area contributed by atoms with E-state index in [-0.39, 0.29) is 5.91 Å². The van der Waals surface area contributed by atoms with Crippen LogP contribution in [0.5, 0.6) is 0 Å². The number of rotatable bonds is 4. The molecule has 0 aromatic heterocycles. The van der Waals surface area contributed by atoms with Gasteiger partial charge in [0, 0.05) is 37.6 Å². The molecule has 3 N–H and O–H groups in total. The Balaban J connectivity index is 1.65. The second-order valence-corrected chi connectivity index (χ2v) is 5.07. The van der Waals surface area contributed by atoms with Crippen LogP contribution >= 0.6 is 0 Å². The van der Waals surface area contributed by atoms with E-state index in [2.05, 4.69) is 22.9 Å². The number of hydrogen-bond acceptors (Lipinski definition) is 4. The van der Waals surface area contributed by atoms with Crippen molar-refractivity contribution in [3.8, 4) is 0 Å². The fourth-order valence-electron chi connectivity index (χ4n) is 2.54. The molecule has 2 saturated heterocycles. The molecule has 3 atom stereocenters. The third-order valence-corrected chi connectivity index (χ3v) is 3.42. The van der Waals surface area contributed by atoms with Crippen LogP contribution in [0.15, 0.2) is 0 Å². The normalized spacial score (nSPS) is 31.9. The average Bonchev–Trinajstić information content (AvgIpc) is 2.33. The minimum Gasteiger partial charge on any atom is -0.379 e. The van der Waals surface area contributed by atoms with Crippen LogP contribution in [0.2, 0.25) is 0 Å². The van der Waals surface area contributed by atoms with Crippen LogP contribution in [0.3, 0.4) is 0 Å². The molecule has 2 aliphatic heterocycles. The zero-order valence-electron chi connectivity index (χ0n) is 10.5. The minimum absolute atomic E-state index is 0.179. The highest BCUT2D eigenvalue weighted by molar-refractivity contribution is 5.76. The molecule has 17 heavy (non-hydrogen) atoms. The summed E-state index contributed by atoms with van der Waals surface area (Å²) in [4.78, 5) is 11.0. The maximum atomic E-state index is 11.0. The Labute approximate surface area is 103 Å². The molecule has 0 saturated carbocycles. The highest BCUT2D eigenvalue weighted by atomic mass is 16.5. The maximum Gasteiger partial charge on any atom is 0.220 e. The SMILES string of the molecule is CC(CC1COCCN1)NC1CCC(=O)NC1. The van der Waals surface area contributed by atoms with Crippen molar-refractivity contribution in [2.45, 2.75) is 44.3 Å². The number of piperidine rings is 1. The Kier molecular flexibility index (Phi) is 4.76. The Morgan fingerprint density at radius 2 is 2.47 bits per heavy atom. The molecule has 98 valence electrons. The molecule has 0 aliphatic carbocycles. The molecule has 0 aromatic carbocycles. The molecule has 0 bridgehead atoms. The van der Waals surface area contributed by atoms with Crippen molar-refractivity contribution in [2.24, 2.45) is 0 Å². The number of morpholine rings is 1. The summed E-state index contributed by atoms with van der Waals surface area (Å²) in [6.45, 7) is 5.56. The highest BCUT2D eigenvalue weighted by Gasteiger charge is 2.21. The van der Waals surface area contributed by atoms with E-state index in [9.17, 15) is 4.79 Å². The van der Waals surface area contributed by atoms with E-state index in [1.807, 2.05) is 0 Å². The quantitative estimate of drug-likeness (QED) is 0.628. The van der Waals surface area contributed by atoms with Crippen molar-refractivity contribution >= 4 is 5.91 Å². The van der Waals surface area contributed by atoms with Gasteiger partial charge in [-0.05, 0) is 19.8 Å². The Morgan fingerprint density at radius 1 is 1.59 bits per heavy atom. The van der Waals surface area contributed by atoms with Crippen molar-refractivity contribution in [3.05, 3.63) is 0 Å². The van der Waals surface area contributed by atoms with E-state index in [0.717, 1.165) is 39.1 Å². The van der Waals surface area contributed by atoms with Gasteiger partial charge >= 0.3 is 0 Å². The largest absolute Gasteiger partial charge is 0.379 e. The van der Waals surface area contributed by atoms with Gasteiger partial charge in [0.1, 0.15) is 0 Å². The molecule has 0 radical (unpaired) electrons. The number of ether oxygens (including phenoxy) is 1. The van der Waals surface area contributed by atoms with Crippen LogP contribution in [0, 0.1) is 0 Å². The number of amides is 1. The van der Waals surface area contributed by atoms with E-state index in [1.54, 1.807) is 0 Å². The highest BCUT2D eigenvalue weighted by Crippen LogP contribution is 2.07. The van der Waals surface area contributed by atoms with Crippen molar-refractivity contribution in [3.63, 3.8) is 0 Å². The lowest BCUT2D eigenvalue weighted by Crippen LogP contribution is -2.51. The second kappa shape index (κ2) is 6.33. The van der Waals surface area contributed by atoms with Crippen LogP contribution in [-0.4, -0.2) is 50.3 Å². The molecule has 5 nitrogen and oxygen atoms in total. The molecule has 0 spiro atoms. The molecule has 2 fully saturated rings. The zero-order chi connectivity index (χ0) is 12.1. The standard InChI is InChI=1S/C12H23N3O2/c1-9(6-11-8-17-5-4-13-11)15-10-2-3-12(16)14-7-10/h9-11,13,15H,2-8H2,1H3,(H,14,16). The first-order valence-corrected chi connectivity index (χ1v) is 6.58. The van der Waals surface area contributed by atoms with Gasteiger partial charge in [-0.25, -0.2) is 0 Å². The first-order chi connectivity index (χ1) is 8.24. The summed E-state index contributed by atoms with van der Waals surface area (Å²) in [6, 6.07) is 1.34. The van der Waals surface area contributed by atoms with Gasteiger partial charge < -0.3 is 20.7 Å². The van der Waals surface area contributed by atoms with E-state index >= 15 is 0 Å².